The van der Waals surface area contributed by atoms with Crippen molar-refractivity contribution in [1.29, 1.82) is 0 Å². The van der Waals surface area contributed by atoms with E-state index in [9.17, 15) is 14.7 Å². The fraction of sp³-hybridized carbons (Fsp3) is 0.208. The molecule has 3 heterocycles. The van der Waals surface area contributed by atoms with Gasteiger partial charge < -0.3 is 18.9 Å². The Balaban J connectivity index is 1.45. The van der Waals surface area contributed by atoms with Gasteiger partial charge in [0.25, 0.3) is 5.91 Å². The second-order valence-electron chi connectivity index (χ2n) is 7.88. The van der Waals surface area contributed by atoms with Gasteiger partial charge in [0, 0.05) is 30.0 Å². The SMILES string of the molecule is Cc1ccc(-c2oncc2C(=O)N2C[C@H](C(=O)O)[C@@H](c3cc4ccccc4o3)C2)cc1. The zero-order chi connectivity index (χ0) is 21.5. The first-order valence-corrected chi connectivity index (χ1v) is 10.0. The van der Waals surface area contributed by atoms with Crippen LogP contribution in [0.25, 0.3) is 22.3 Å². The highest BCUT2D eigenvalue weighted by atomic mass is 16.5. The maximum atomic E-state index is 13.3. The minimum atomic E-state index is -0.954. The molecule has 7 nitrogen and oxygen atoms in total. The van der Waals surface area contributed by atoms with Gasteiger partial charge in [-0.15, -0.1) is 0 Å². The molecule has 31 heavy (non-hydrogen) atoms. The van der Waals surface area contributed by atoms with Gasteiger partial charge >= 0.3 is 5.97 Å². The lowest BCUT2D eigenvalue weighted by Gasteiger charge is -2.15. The van der Waals surface area contributed by atoms with Crippen LogP contribution in [0.5, 0.6) is 0 Å². The standard InChI is InChI=1S/C24H20N2O5/c1-14-6-8-15(9-7-14)22-17(11-25-31-22)23(27)26-12-18(19(13-26)24(28)29)21-10-16-4-2-3-5-20(16)30-21/h2-11,18-19H,12-13H2,1H3,(H,28,29)/t18-,19-/m0/s1. The zero-order valence-corrected chi connectivity index (χ0v) is 16.8. The highest BCUT2D eigenvalue weighted by Gasteiger charge is 2.43. The smallest absolute Gasteiger partial charge is 0.309 e. The van der Waals surface area contributed by atoms with Crippen LogP contribution in [-0.2, 0) is 4.79 Å². The van der Waals surface area contributed by atoms with Crippen molar-refractivity contribution in [3.63, 3.8) is 0 Å². The van der Waals surface area contributed by atoms with Crippen LogP contribution in [0.15, 0.2) is 69.7 Å². The van der Waals surface area contributed by atoms with Crippen molar-refractivity contribution in [1.82, 2.24) is 10.1 Å². The number of aromatic nitrogens is 1. The van der Waals surface area contributed by atoms with E-state index >= 15 is 0 Å². The van der Waals surface area contributed by atoms with E-state index in [1.54, 1.807) is 4.90 Å². The third-order valence-corrected chi connectivity index (χ3v) is 5.85. The van der Waals surface area contributed by atoms with Gasteiger partial charge in [0.05, 0.1) is 12.1 Å². The summed E-state index contributed by atoms with van der Waals surface area (Å²) in [6.45, 7) is 2.31. The van der Waals surface area contributed by atoms with Gasteiger partial charge in [-0.2, -0.15) is 0 Å². The summed E-state index contributed by atoms with van der Waals surface area (Å²) in [5.74, 6) is -1.49. The Bertz CT molecular complexity index is 1240. The second-order valence-corrected chi connectivity index (χ2v) is 7.88. The topological polar surface area (TPSA) is 96.8 Å². The zero-order valence-electron chi connectivity index (χ0n) is 16.8. The number of carbonyl (C=O) groups is 2. The molecule has 0 saturated carbocycles. The van der Waals surface area contributed by atoms with Gasteiger partial charge in [0.15, 0.2) is 5.76 Å². The Kier molecular flexibility index (Phi) is 4.58. The number of amides is 1. The van der Waals surface area contributed by atoms with Gasteiger partial charge in [-0.25, -0.2) is 0 Å². The highest BCUT2D eigenvalue weighted by molar-refractivity contribution is 5.99. The first-order chi connectivity index (χ1) is 15.0. The van der Waals surface area contributed by atoms with E-state index in [2.05, 4.69) is 5.16 Å². The van der Waals surface area contributed by atoms with Crippen molar-refractivity contribution in [2.24, 2.45) is 5.92 Å². The molecule has 0 bridgehead atoms. The molecule has 0 spiro atoms. The number of nitrogens with zero attached hydrogens (tertiary/aromatic N) is 2. The van der Waals surface area contributed by atoms with Crippen molar-refractivity contribution in [2.45, 2.75) is 12.8 Å². The minimum Gasteiger partial charge on any atom is -0.481 e. The molecule has 4 aromatic rings. The monoisotopic (exact) mass is 416 g/mol. The molecular weight excluding hydrogens is 396 g/mol. The lowest BCUT2D eigenvalue weighted by atomic mass is 9.94. The summed E-state index contributed by atoms with van der Waals surface area (Å²) in [5, 5.41) is 14.5. The van der Waals surface area contributed by atoms with E-state index in [4.69, 9.17) is 8.94 Å². The fourth-order valence-electron chi connectivity index (χ4n) is 4.17. The molecule has 2 aromatic heterocycles. The van der Waals surface area contributed by atoms with Crippen molar-refractivity contribution >= 4 is 22.8 Å². The number of rotatable bonds is 4. The van der Waals surface area contributed by atoms with Gasteiger partial charge in [-0.05, 0) is 19.1 Å². The van der Waals surface area contributed by atoms with Crippen LogP contribution in [0.1, 0.15) is 27.6 Å². The average molecular weight is 416 g/mol. The number of fused-ring (bicyclic) bond motifs is 1. The van der Waals surface area contributed by atoms with Gasteiger partial charge in [0.2, 0.25) is 0 Å². The fourth-order valence-corrected chi connectivity index (χ4v) is 4.17. The Hall–Kier alpha value is -3.87. The maximum Gasteiger partial charge on any atom is 0.309 e. The number of carbonyl (C=O) groups excluding carboxylic acids is 1. The number of carboxylic acids is 1. The maximum absolute atomic E-state index is 13.3. The van der Waals surface area contributed by atoms with Gasteiger partial charge in [-0.1, -0.05) is 53.2 Å². The van der Waals surface area contributed by atoms with Gasteiger partial charge in [-0.3, -0.25) is 9.59 Å². The minimum absolute atomic E-state index is 0.0917. The first-order valence-electron chi connectivity index (χ1n) is 10.0. The summed E-state index contributed by atoms with van der Waals surface area (Å²) < 4.78 is 11.3. The molecule has 1 aliphatic heterocycles. The lowest BCUT2D eigenvalue weighted by Crippen LogP contribution is -2.30. The van der Waals surface area contributed by atoms with Crippen LogP contribution in [0.3, 0.4) is 0 Å². The number of furan rings is 1. The van der Waals surface area contributed by atoms with E-state index in [-0.39, 0.29) is 19.0 Å². The number of carboxylic acid groups (broad SMARTS) is 1. The van der Waals surface area contributed by atoms with Crippen molar-refractivity contribution in [3.8, 4) is 11.3 Å². The van der Waals surface area contributed by atoms with Crippen LogP contribution in [-0.4, -0.2) is 40.1 Å². The molecule has 0 aliphatic carbocycles. The number of para-hydroxylation sites is 1. The van der Waals surface area contributed by atoms with E-state index in [0.29, 0.717) is 22.7 Å². The van der Waals surface area contributed by atoms with Crippen molar-refractivity contribution in [3.05, 3.63) is 77.7 Å². The molecule has 1 saturated heterocycles. The first kappa shape index (κ1) is 19.1. The number of hydrogen-bond donors (Lipinski definition) is 1. The third kappa shape index (κ3) is 3.38. The van der Waals surface area contributed by atoms with Crippen LogP contribution in [0, 0.1) is 12.8 Å². The molecule has 2 atom stereocenters. The molecule has 0 radical (unpaired) electrons. The molecule has 5 rings (SSSR count). The Labute approximate surface area is 177 Å². The molecule has 2 aromatic carbocycles. The van der Waals surface area contributed by atoms with Gasteiger partial charge in [0.1, 0.15) is 16.9 Å². The van der Waals surface area contributed by atoms with Crippen LogP contribution < -0.4 is 0 Å². The van der Waals surface area contributed by atoms with Crippen LogP contribution >= 0.6 is 0 Å². The van der Waals surface area contributed by atoms with E-state index < -0.39 is 17.8 Å². The van der Waals surface area contributed by atoms with E-state index in [0.717, 1.165) is 16.5 Å². The predicted molar refractivity (Wildman–Crippen MR) is 113 cm³/mol. The molecule has 1 amide bonds. The Morgan fingerprint density at radius 3 is 2.61 bits per heavy atom. The quantitative estimate of drug-likeness (QED) is 0.532. The van der Waals surface area contributed by atoms with E-state index in [1.807, 2.05) is 61.5 Å². The van der Waals surface area contributed by atoms with Crippen molar-refractivity contribution < 1.29 is 23.6 Å². The summed E-state index contributed by atoms with van der Waals surface area (Å²) >= 11 is 0. The average Bonchev–Trinajstić information content (AvgIpc) is 3.50. The van der Waals surface area contributed by atoms with E-state index in [1.165, 1.54) is 6.20 Å². The highest BCUT2D eigenvalue weighted by Crippen LogP contribution is 2.37. The predicted octanol–water partition coefficient (Wildman–Crippen LogP) is 4.34. The normalized spacial score (nSPS) is 18.5. The summed E-state index contributed by atoms with van der Waals surface area (Å²) in [5.41, 5.74) is 2.85. The number of likely N-dealkylation sites (tertiary alicyclic amines) is 1. The van der Waals surface area contributed by atoms with Crippen LogP contribution in [0.2, 0.25) is 0 Å². The molecular formula is C24H20N2O5. The molecule has 1 N–H and O–H groups in total. The molecule has 1 aliphatic rings. The number of hydrogen-bond acceptors (Lipinski definition) is 5. The summed E-state index contributed by atoms with van der Waals surface area (Å²) in [6, 6.07) is 17.0. The summed E-state index contributed by atoms with van der Waals surface area (Å²) in [4.78, 5) is 26.8. The largest absolute Gasteiger partial charge is 0.481 e. The summed E-state index contributed by atoms with van der Waals surface area (Å²) in [7, 11) is 0. The Morgan fingerprint density at radius 1 is 1.10 bits per heavy atom. The lowest BCUT2D eigenvalue weighted by molar-refractivity contribution is -0.141. The van der Waals surface area contributed by atoms with Crippen molar-refractivity contribution in [2.75, 3.05) is 13.1 Å². The number of benzene rings is 2. The second kappa shape index (κ2) is 7.43. The van der Waals surface area contributed by atoms with Crippen LogP contribution in [0.4, 0.5) is 0 Å². The number of aliphatic carboxylic acids is 1. The number of aryl methyl sites for hydroxylation is 1. The molecule has 1 fully saturated rings. The molecule has 7 heteroatoms. The molecule has 0 unspecified atom stereocenters. The Morgan fingerprint density at radius 2 is 1.87 bits per heavy atom. The molecule has 156 valence electrons. The summed E-state index contributed by atoms with van der Waals surface area (Å²) in [6.07, 6.45) is 1.39. The third-order valence-electron chi connectivity index (χ3n) is 5.85.